The molecule has 4 heteroatoms. The minimum Gasteiger partial charge on any atom is -0.346 e. The maximum Gasteiger partial charge on any atom is 0.244 e. The predicted molar refractivity (Wildman–Crippen MR) is 88.1 cm³/mol. The fourth-order valence-electron chi connectivity index (χ4n) is 2.47. The molecule has 0 fully saturated rings. The van der Waals surface area contributed by atoms with Crippen LogP contribution in [-0.2, 0) is 4.79 Å². The maximum absolute atomic E-state index is 13.4. The van der Waals surface area contributed by atoms with E-state index in [2.05, 4.69) is 5.32 Å². The first-order valence-electron chi connectivity index (χ1n) is 7.18. The van der Waals surface area contributed by atoms with Crippen LogP contribution in [0.25, 0.3) is 6.08 Å². The number of halogens is 1. The molecule has 0 radical (unpaired) electrons. The van der Waals surface area contributed by atoms with Crippen LogP contribution in [0.1, 0.15) is 23.6 Å². The molecule has 22 heavy (non-hydrogen) atoms. The third kappa shape index (κ3) is 3.57. The number of thioether (sulfide) groups is 1. The molecule has 2 nitrogen and oxygen atoms in total. The van der Waals surface area contributed by atoms with Gasteiger partial charge in [-0.25, -0.2) is 4.39 Å². The average molecular weight is 313 g/mol. The number of carbonyl (C=O) groups excluding carboxylic acids is 1. The van der Waals surface area contributed by atoms with Gasteiger partial charge in [0.25, 0.3) is 0 Å². The number of carbonyl (C=O) groups is 1. The van der Waals surface area contributed by atoms with Crippen molar-refractivity contribution in [1.82, 2.24) is 5.32 Å². The molecule has 0 aliphatic carbocycles. The van der Waals surface area contributed by atoms with Gasteiger partial charge in [-0.1, -0.05) is 30.3 Å². The Morgan fingerprint density at radius 2 is 2.05 bits per heavy atom. The molecule has 0 aromatic heterocycles. The summed E-state index contributed by atoms with van der Waals surface area (Å²) in [5, 5.41) is 2.97. The summed E-state index contributed by atoms with van der Waals surface area (Å²) in [5.74, 6) is 0.502. The molecule has 2 aromatic rings. The molecule has 0 saturated carbocycles. The van der Waals surface area contributed by atoms with Crippen molar-refractivity contribution in [2.75, 3.05) is 5.75 Å². The van der Waals surface area contributed by atoms with Gasteiger partial charge in [-0.3, -0.25) is 4.79 Å². The number of nitrogens with one attached hydrogen (secondary N) is 1. The Hall–Kier alpha value is -2.07. The fraction of sp³-hybridized carbons (Fsp3) is 0.167. The van der Waals surface area contributed by atoms with Crippen molar-refractivity contribution in [3.63, 3.8) is 0 Å². The van der Waals surface area contributed by atoms with Gasteiger partial charge in [0, 0.05) is 16.7 Å². The summed E-state index contributed by atoms with van der Waals surface area (Å²) in [7, 11) is 0. The zero-order valence-electron chi connectivity index (χ0n) is 12.0. The molecule has 1 heterocycles. The summed E-state index contributed by atoms with van der Waals surface area (Å²) in [6, 6.07) is 14.3. The largest absolute Gasteiger partial charge is 0.346 e. The molecule has 0 bridgehead atoms. The molecule has 0 spiro atoms. The Balaban J connectivity index is 1.70. The zero-order valence-corrected chi connectivity index (χ0v) is 12.8. The van der Waals surface area contributed by atoms with Gasteiger partial charge in [0.2, 0.25) is 5.91 Å². The van der Waals surface area contributed by atoms with E-state index in [4.69, 9.17) is 0 Å². The average Bonchev–Trinajstić information content (AvgIpc) is 2.54. The SMILES string of the molecule is O=C(/C=C/c1ccccc1)N[C@H]1CCSc2ccc(F)cc21. The van der Waals surface area contributed by atoms with Crippen molar-refractivity contribution in [1.29, 1.82) is 0 Å². The van der Waals surface area contributed by atoms with E-state index in [-0.39, 0.29) is 17.8 Å². The molecule has 0 saturated heterocycles. The highest BCUT2D eigenvalue weighted by molar-refractivity contribution is 7.99. The molecule has 2 aromatic carbocycles. The van der Waals surface area contributed by atoms with Crippen LogP contribution in [0.15, 0.2) is 59.5 Å². The minimum atomic E-state index is -0.264. The lowest BCUT2D eigenvalue weighted by atomic mass is 10.0. The number of amides is 1. The van der Waals surface area contributed by atoms with E-state index in [1.54, 1.807) is 23.9 Å². The van der Waals surface area contributed by atoms with Crippen LogP contribution in [0.3, 0.4) is 0 Å². The molecule has 3 rings (SSSR count). The highest BCUT2D eigenvalue weighted by Crippen LogP contribution is 2.36. The van der Waals surface area contributed by atoms with Crippen LogP contribution in [0.5, 0.6) is 0 Å². The van der Waals surface area contributed by atoms with Gasteiger partial charge < -0.3 is 5.32 Å². The Labute approximate surface area is 133 Å². The lowest BCUT2D eigenvalue weighted by Crippen LogP contribution is -2.29. The van der Waals surface area contributed by atoms with Crippen molar-refractivity contribution in [3.8, 4) is 0 Å². The highest BCUT2D eigenvalue weighted by atomic mass is 32.2. The Bertz CT molecular complexity index is 699. The number of rotatable bonds is 3. The van der Waals surface area contributed by atoms with E-state index in [0.29, 0.717) is 0 Å². The van der Waals surface area contributed by atoms with E-state index in [1.165, 1.54) is 18.2 Å². The molecule has 1 aliphatic heterocycles. The van der Waals surface area contributed by atoms with Crippen LogP contribution >= 0.6 is 11.8 Å². The second-order valence-electron chi connectivity index (χ2n) is 5.12. The van der Waals surface area contributed by atoms with Gasteiger partial charge in [0.05, 0.1) is 6.04 Å². The van der Waals surface area contributed by atoms with E-state index in [1.807, 2.05) is 30.3 Å². The van der Waals surface area contributed by atoms with Gasteiger partial charge in [-0.05, 0) is 41.8 Å². The fourth-order valence-corrected chi connectivity index (χ4v) is 3.58. The van der Waals surface area contributed by atoms with Crippen LogP contribution in [0.4, 0.5) is 4.39 Å². The van der Waals surface area contributed by atoms with Crippen molar-refractivity contribution in [3.05, 3.63) is 71.6 Å². The number of hydrogen-bond donors (Lipinski definition) is 1. The lowest BCUT2D eigenvalue weighted by molar-refractivity contribution is -0.117. The van der Waals surface area contributed by atoms with Gasteiger partial charge in [0.15, 0.2) is 0 Å². The van der Waals surface area contributed by atoms with E-state index < -0.39 is 0 Å². The molecule has 0 unspecified atom stereocenters. The predicted octanol–water partition coefficient (Wildman–Crippen LogP) is 4.19. The molecule has 1 N–H and O–H groups in total. The van der Waals surface area contributed by atoms with Crippen molar-refractivity contribution in [2.45, 2.75) is 17.4 Å². The Morgan fingerprint density at radius 1 is 1.23 bits per heavy atom. The topological polar surface area (TPSA) is 29.1 Å². The summed E-state index contributed by atoms with van der Waals surface area (Å²) in [4.78, 5) is 13.1. The maximum atomic E-state index is 13.4. The van der Waals surface area contributed by atoms with Gasteiger partial charge in [-0.2, -0.15) is 0 Å². The van der Waals surface area contributed by atoms with E-state index >= 15 is 0 Å². The molecular weight excluding hydrogens is 297 g/mol. The first-order valence-corrected chi connectivity index (χ1v) is 8.17. The monoisotopic (exact) mass is 313 g/mol. The first-order chi connectivity index (χ1) is 10.7. The standard InChI is InChI=1S/C18H16FNOS/c19-14-7-8-17-15(12-14)16(10-11-22-17)20-18(21)9-6-13-4-2-1-3-5-13/h1-9,12,16H,10-11H2,(H,20,21)/b9-6+/t16-/m0/s1. The summed E-state index contributed by atoms with van der Waals surface area (Å²) >= 11 is 1.70. The lowest BCUT2D eigenvalue weighted by Gasteiger charge is -2.25. The number of benzene rings is 2. The van der Waals surface area contributed by atoms with E-state index in [9.17, 15) is 9.18 Å². The van der Waals surface area contributed by atoms with Crippen LogP contribution in [-0.4, -0.2) is 11.7 Å². The van der Waals surface area contributed by atoms with Crippen molar-refractivity contribution < 1.29 is 9.18 Å². The zero-order chi connectivity index (χ0) is 15.4. The van der Waals surface area contributed by atoms with Gasteiger partial charge >= 0.3 is 0 Å². The Morgan fingerprint density at radius 3 is 2.86 bits per heavy atom. The third-order valence-corrected chi connectivity index (χ3v) is 4.68. The smallest absolute Gasteiger partial charge is 0.244 e. The quantitative estimate of drug-likeness (QED) is 0.861. The third-order valence-electron chi connectivity index (χ3n) is 3.55. The summed E-state index contributed by atoms with van der Waals surface area (Å²) < 4.78 is 13.4. The van der Waals surface area contributed by atoms with Gasteiger partial charge in [0.1, 0.15) is 5.82 Å². The van der Waals surface area contributed by atoms with E-state index in [0.717, 1.165) is 28.2 Å². The van der Waals surface area contributed by atoms with Crippen molar-refractivity contribution in [2.24, 2.45) is 0 Å². The molecule has 112 valence electrons. The highest BCUT2D eigenvalue weighted by Gasteiger charge is 2.22. The van der Waals surface area contributed by atoms with Crippen LogP contribution < -0.4 is 5.32 Å². The van der Waals surface area contributed by atoms with Crippen LogP contribution in [0, 0.1) is 5.82 Å². The second kappa shape index (κ2) is 6.79. The molecule has 1 amide bonds. The van der Waals surface area contributed by atoms with Crippen LogP contribution in [0.2, 0.25) is 0 Å². The Kier molecular flexibility index (Phi) is 4.59. The first kappa shape index (κ1) is 14.9. The second-order valence-corrected chi connectivity index (χ2v) is 6.26. The molecular formula is C18H16FNOS. The number of fused-ring (bicyclic) bond motifs is 1. The molecule has 1 atom stereocenters. The summed E-state index contributed by atoms with van der Waals surface area (Å²) in [6.45, 7) is 0. The van der Waals surface area contributed by atoms with Gasteiger partial charge in [-0.15, -0.1) is 11.8 Å². The minimum absolute atomic E-state index is 0.125. The summed E-state index contributed by atoms with van der Waals surface area (Å²) in [5.41, 5.74) is 1.85. The summed E-state index contributed by atoms with van der Waals surface area (Å²) in [6.07, 6.45) is 4.11. The number of hydrogen-bond acceptors (Lipinski definition) is 2. The normalized spacial score (nSPS) is 17.2. The van der Waals surface area contributed by atoms with Crippen molar-refractivity contribution >= 4 is 23.7 Å². The molecule has 1 aliphatic rings.